The zero-order valence-electron chi connectivity index (χ0n) is 10.2. The first-order chi connectivity index (χ1) is 7.81. The Bertz CT molecular complexity index is 286. The first-order valence-electron chi connectivity index (χ1n) is 5.60. The Hall–Kier alpha value is -0.330. The third kappa shape index (κ3) is 4.27. The van der Waals surface area contributed by atoms with E-state index in [-0.39, 0.29) is 0 Å². The van der Waals surface area contributed by atoms with Crippen molar-refractivity contribution in [3.8, 4) is 0 Å². The molecule has 4 nitrogen and oxygen atoms in total. The molecule has 0 aliphatic rings. The molecule has 0 aliphatic carbocycles. The normalized spacial score (nSPS) is 11.0. The summed E-state index contributed by atoms with van der Waals surface area (Å²) in [5.41, 5.74) is 1.08. The molecule has 92 valence electrons. The van der Waals surface area contributed by atoms with Crippen molar-refractivity contribution in [1.82, 2.24) is 14.5 Å². The van der Waals surface area contributed by atoms with Gasteiger partial charge in [0.05, 0.1) is 0 Å². The maximum Gasteiger partial charge on any atom is 0.133 e. The predicted octanol–water partition coefficient (Wildman–Crippen LogP) is 2.15. The second-order valence-corrected chi connectivity index (χ2v) is 5.24. The highest BCUT2D eigenvalue weighted by atomic mass is 32.2. The molecule has 0 atom stereocenters. The molecule has 1 aromatic heterocycles. The van der Waals surface area contributed by atoms with Crippen LogP contribution in [0.2, 0.25) is 0 Å². The van der Waals surface area contributed by atoms with Gasteiger partial charge in [-0.1, -0.05) is 18.3 Å². The summed E-state index contributed by atoms with van der Waals surface area (Å²) in [5.74, 6) is 2.11. The molecular formula is C10H20N4S2. The third-order valence-electron chi connectivity index (χ3n) is 2.47. The van der Waals surface area contributed by atoms with E-state index in [1.807, 2.05) is 18.8 Å². The maximum atomic E-state index is 4.12. The van der Waals surface area contributed by atoms with Crippen LogP contribution in [0.15, 0.2) is 0 Å². The fourth-order valence-electron chi connectivity index (χ4n) is 1.40. The average molecular weight is 260 g/mol. The highest BCUT2D eigenvalue weighted by molar-refractivity contribution is 7.98. The Kier molecular flexibility index (Phi) is 6.75. The fraction of sp³-hybridized carbons (Fsp3) is 0.800. The average Bonchev–Trinajstić information content (AvgIpc) is 2.77. The van der Waals surface area contributed by atoms with Gasteiger partial charge in [0.1, 0.15) is 10.7 Å². The zero-order valence-corrected chi connectivity index (χ0v) is 11.8. The van der Waals surface area contributed by atoms with E-state index in [2.05, 4.69) is 33.7 Å². The van der Waals surface area contributed by atoms with Crippen molar-refractivity contribution < 1.29 is 0 Å². The van der Waals surface area contributed by atoms with Crippen LogP contribution >= 0.6 is 23.3 Å². The van der Waals surface area contributed by atoms with E-state index in [0.29, 0.717) is 0 Å². The third-order valence-corrected chi connectivity index (χ3v) is 4.20. The SMILES string of the molecule is CCN(CC)CCSCc1nnsc1NC. The number of hydrogen-bond acceptors (Lipinski definition) is 6. The van der Waals surface area contributed by atoms with Gasteiger partial charge in [0, 0.05) is 36.6 Å². The van der Waals surface area contributed by atoms with Crippen LogP contribution in [-0.4, -0.2) is 46.9 Å². The summed E-state index contributed by atoms with van der Waals surface area (Å²) in [7, 11) is 1.92. The van der Waals surface area contributed by atoms with E-state index in [1.54, 1.807) is 0 Å². The van der Waals surface area contributed by atoms with Crippen LogP contribution in [-0.2, 0) is 5.75 Å². The molecule has 0 spiro atoms. The first kappa shape index (κ1) is 13.7. The molecule has 0 bridgehead atoms. The molecule has 0 amide bonds. The molecule has 0 saturated carbocycles. The summed E-state index contributed by atoms with van der Waals surface area (Å²) in [6.07, 6.45) is 0. The Labute approximate surface area is 106 Å². The molecule has 0 unspecified atom stereocenters. The van der Waals surface area contributed by atoms with E-state index >= 15 is 0 Å². The molecule has 1 heterocycles. The molecule has 0 saturated heterocycles. The summed E-state index contributed by atoms with van der Waals surface area (Å²) >= 11 is 3.35. The molecule has 0 aromatic carbocycles. The Morgan fingerprint density at radius 3 is 2.75 bits per heavy atom. The van der Waals surface area contributed by atoms with Crippen LogP contribution < -0.4 is 5.32 Å². The molecule has 6 heteroatoms. The van der Waals surface area contributed by atoms with Gasteiger partial charge in [0.15, 0.2) is 0 Å². The standard InChI is InChI=1S/C10H20N4S2/c1-4-14(5-2)6-7-15-8-9-10(11-3)16-13-12-9/h11H,4-8H2,1-3H3. The van der Waals surface area contributed by atoms with Crippen molar-refractivity contribution in [1.29, 1.82) is 0 Å². The van der Waals surface area contributed by atoms with E-state index in [9.17, 15) is 0 Å². The predicted molar refractivity (Wildman–Crippen MR) is 73.4 cm³/mol. The highest BCUT2D eigenvalue weighted by Gasteiger charge is 2.06. The number of nitrogens with zero attached hydrogens (tertiary/aromatic N) is 3. The second-order valence-electron chi connectivity index (χ2n) is 3.38. The molecule has 0 radical (unpaired) electrons. The minimum absolute atomic E-state index is 0.952. The van der Waals surface area contributed by atoms with Crippen LogP contribution in [0, 0.1) is 0 Å². The summed E-state index contributed by atoms with van der Waals surface area (Å²) in [4.78, 5) is 2.44. The van der Waals surface area contributed by atoms with Gasteiger partial charge in [-0.25, -0.2) is 0 Å². The lowest BCUT2D eigenvalue weighted by Crippen LogP contribution is -2.25. The van der Waals surface area contributed by atoms with Crippen LogP contribution in [0.25, 0.3) is 0 Å². The van der Waals surface area contributed by atoms with Crippen molar-refractivity contribution in [2.75, 3.05) is 37.8 Å². The van der Waals surface area contributed by atoms with Gasteiger partial charge in [-0.3, -0.25) is 0 Å². The minimum Gasteiger partial charge on any atom is -0.377 e. The lowest BCUT2D eigenvalue weighted by atomic mass is 10.5. The van der Waals surface area contributed by atoms with Crippen LogP contribution in [0.3, 0.4) is 0 Å². The van der Waals surface area contributed by atoms with Crippen molar-refractivity contribution in [3.05, 3.63) is 5.69 Å². The fourth-order valence-corrected chi connectivity index (χ4v) is 2.94. The van der Waals surface area contributed by atoms with E-state index in [1.165, 1.54) is 11.5 Å². The summed E-state index contributed by atoms with van der Waals surface area (Å²) in [6.45, 7) is 7.84. The second kappa shape index (κ2) is 7.86. The van der Waals surface area contributed by atoms with Gasteiger partial charge >= 0.3 is 0 Å². The Morgan fingerprint density at radius 2 is 2.12 bits per heavy atom. The van der Waals surface area contributed by atoms with Gasteiger partial charge in [-0.05, 0) is 13.1 Å². The molecule has 0 aliphatic heterocycles. The summed E-state index contributed by atoms with van der Waals surface area (Å²) in [5, 5.41) is 8.33. The lowest BCUT2D eigenvalue weighted by molar-refractivity contribution is 0.324. The smallest absolute Gasteiger partial charge is 0.133 e. The van der Waals surface area contributed by atoms with Gasteiger partial charge in [0.25, 0.3) is 0 Å². The van der Waals surface area contributed by atoms with Crippen molar-refractivity contribution in [2.24, 2.45) is 0 Å². The van der Waals surface area contributed by atoms with Crippen LogP contribution in [0.4, 0.5) is 5.00 Å². The molecule has 0 fully saturated rings. The molecule has 1 aromatic rings. The number of hydrogen-bond donors (Lipinski definition) is 1. The highest BCUT2D eigenvalue weighted by Crippen LogP contribution is 2.21. The zero-order chi connectivity index (χ0) is 11.8. The Balaban J connectivity index is 2.20. The monoisotopic (exact) mass is 260 g/mol. The molecular weight excluding hydrogens is 240 g/mol. The summed E-state index contributed by atoms with van der Waals surface area (Å²) < 4.78 is 3.94. The van der Waals surface area contributed by atoms with E-state index in [4.69, 9.17) is 0 Å². The molecule has 1 N–H and O–H groups in total. The molecule has 16 heavy (non-hydrogen) atoms. The van der Waals surface area contributed by atoms with Gasteiger partial charge in [0.2, 0.25) is 0 Å². The minimum atomic E-state index is 0.952. The van der Waals surface area contributed by atoms with Gasteiger partial charge in [-0.2, -0.15) is 11.8 Å². The number of anilines is 1. The van der Waals surface area contributed by atoms with E-state index < -0.39 is 0 Å². The lowest BCUT2D eigenvalue weighted by Gasteiger charge is -2.17. The van der Waals surface area contributed by atoms with Gasteiger partial charge in [-0.15, -0.1) is 5.10 Å². The van der Waals surface area contributed by atoms with Crippen molar-refractivity contribution in [2.45, 2.75) is 19.6 Å². The quantitative estimate of drug-likeness (QED) is 0.725. The Morgan fingerprint density at radius 1 is 1.38 bits per heavy atom. The van der Waals surface area contributed by atoms with Crippen molar-refractivity contribution >= 4 is 28.3 Å². The number of nitrogens with one attached hydrogen (secondary N) is 1. The van der Waals surface area contributed by atoms with Crippen LogP contribution in [0.5, 0.6) is 0 Å². The first-order valence-corrected chi connectivity index (χ1v) is 7.53. The molecule has 1 rings (SSSR count). The largest absolute Gasteiger partial charge is 0.377 e. The van der Waals surface area contributed by atoms with E-state index in [0.717, 1.165) is 41.8 Å². The topological polar surface area (TPSA) is 41.1 Å². The maximum absolute atomic E-state index is 4.12. The number of aromatic nitrogens is 2. The number of thioether (sulfide) groups is 1. The number of rotatable bonds is 8. The van der Waals surface area contributed by atoms with Gasteiger partial charge < -0.3 is 10.2 Å². The van der Waals surface area contributed by atoms with Crippen molar-refractivity contribution in [3.63, 3.8) is 0 Å². The van der Waals surface area contributed by atoms with Crippen LogP contribution in [0.1, 0.15) is 19.5 Å². The summed E-state index contributed by atoms with van der Waals surface area (Å²) in [6, 6.07) is 0.